The summed E-state index contributed by atoms with van der Waals surface area (Å²) in [6.07, 6.45) is 2.27. The maximum Gasteiger partial charge on any atom is 0.224 e. The molecular weight excluding hydrogens is 383 g/mol. The number of benzene rings is 1. The van der Waals surface area contributed by atoms with Gasteiger partial charge in [-0.3, -0.25) is 14.5 Å². The van der Waals surface area contributed by atoms with Gasteiger partial charge in [-0.2, -0.15) is 5.10 Å². The molecular formula is C22H33FN6O. The molecule has 0 fully saturated rings. The lowest BCUT2D eigenvalue weighted by Gasteiger charge is -2.22. The molecule has 0 aliphatic carbocycles. The van der Waals surface area contributed by atoms with Crippen molar-refractivity contribution in [1.29, 1.82) is 0 Å². The summed E-state index contributed by atoms with van der Waals surface area (Å²) in [5, 5.41) is 10.7. The van der Waals surface area contributed by atoms with Crippen LogP contribution in [-0.2, 0) is 24.8 Å². The number of aromatic nitrogens is 2. The molecule has 2 N–H and O–H groups in total. The molecule has 1 aromatic heterocycles. The van der Waals surface area contributed by atoms with Crippen molar-refractivity contribution in [3.05, 3.63) is 53.1 Å². The molecule has 0 atom stereocenters. The smallest absolute Gasteiger partial charge is 0.224 e. The van der Waals surface area contributed by atoms with Crippen LogP contribution in [0.2, 0.25) is 0 Å². The van der Waals surface area contributed by atoms with E-state index < -0.39 is 0 Å². The summed E-state index contributed by atoms with van der Waals surface area (Å²) in [5.74, 6) is 0.724. The lowest BCUT2D eigenvalue weighted by atomic mass is 10.1. The summed E-state index contributed by atoms with van der Waals surface area (Å²) >= 11 is 0. The number of rotatable bonds is 9. The van der Waals surface area contributed by atoms with Gasteiger partial charge in [0, 0.05) is 45.5 Å². The van der Waals surface area contributed by atoms with Crippen LogP contribution in [0.15, 0.2) is 35.5 Å². The average molecular weight is 417 g/mol. The van der Waals surface area contributed by atoms with E-state index in [1.165, 1.54) is 17.7 Å². The molecule has 0 spiro atoms. The highest BCUT2D eigenvalue weighted by molar-refractivity contribution is 5.80. The van der Waals surface area contributed by atoms with Crippen molar-refractivity contribution in [3.63, 3.8) is 0 Å². The lowest BCUT2D eigenvalue weighted by Crippen LogP contribution is -2.39. The summed E-state index contributed by atoms with van der Waals surface area (Å²) in [4.78, 5) is 18.7. The van der Waals surface area contributed by atoms with Crippen LogP contribution >= 0.6 is 0 Å². The Labute approximate surface area is 178 Å². The average Bonchev–Trinajstić information content (AvgIpc) is 3.06. The molecule has 0 radical (unpaired) electrons. The first kappa shape index (κ1) is 23.4. The molecule has 7 nitrogen and oxygen atoms in total. The Kier molecular flexibility index (Phi) is 8.83. The second kappa shape index (κ2) is 11.3. The Bertz CT molecular complexity index is 844. The Hall–Kier alpha value is -2.90. The Morgan fingerprint density at radius 3 is 2.60 bits per heavy atom. The van der Waals surface area contributed by atoms with Gasteiger partial charge in [-0.05, 0) is 30.5 Å². The van der Waals surface area contributed by atoms with E-state index in [0.717, 1.165) is 23.8 Å². The molecule has 0 aliphatic rings. The van der Waals surface area contributed by atoms with Crippen LogP contribution in [0.5, 0.6) is 0 Å². The number of carbonyl (C=O) groups is 1. The van der Waals surface area contributed by atoms with Gasteiger partial charge < -0.3 is 15.5 Å². The maximum atomic E-state index is 12.9. The zero-order chi connectivity index (χ0) is 22.1. The summed E-state index contributed by atoms with van der Waals surface area (Å²) < 4.78 is 14.8. The van der Waals surface area contributed by atoms with Crippen molar-refractivity contribution in [1.82, 2.24) is 25.3 Å². The van der Waals surface area contributed by atoms with E-state index in [1.54, 1.807) is 12.1 Å². The molecule has 0 saturated heterocycles. The largest absolute Gasteiger partial charge is 0.357 e. The molecule has 2 aromatic rings. The summed E-state index contributed by atoms with van der Waals surface area (Å²) in [6.45, 7) is 8.66. The number of aryl methyl sites for hydroxylation is 1. The Morgan fingerprint density at radius 1 is 1.27 bits per heavy atom. The van der Waals surface area contributed by atoms with Gasteiger partial charge in [0.25, 0.3) is 0 Å². The second-order valence-corrected chi connectivity index (χ2v) is 7.61. The minimum atomic E-state index is -0.305. The Balaban J connectivity index is 1.88. The van der Waals surface area contributed by atoms with E-state index >= 15 is 0 Å². The number of guanidine groups is 1. The monoisotopic (exact) mass is 416 g/mol. The maximum absolute atomic E-state index is 12.9. The molecule has 0 unspecified atom stereocenters. The number of nitrogens with one attached hydrogen (secondary N) is 2. The van der Waals surface area contributed by atoms with Crippen molar-refractivity contribution < 1.29 is 9.18 Å². The van der Waals surface area contributed by atoms with Gasteiger partial charge in [0.05, 0.1) is 18.7 Å². The van der Waals surface area contributed by atoms with Crippen LogP contribution in [0, 0.1) is 5.82 Å². The molecule has 2 rings (SSSR count). The van der Waals surface area contributed by atoms with Crippen molar-refractivity contribution in [2.24, 2.45) is 12.0 Å². The number of nitrogens with zero attached hydrogens (tertiary/aromatic N) is 4. The number of amides is 1. The SMILES string of the molecule is CCNC(=NCCNC(=O)Cc1ccc(F)cc1)N(C)Cc1cn(C)nc1C(C)C. The van der Waals surface area contributed by atoms with Gasteiger partial charge in [0.1, 0.15) is 5.82 Å². The van der Waals surface area contributed by atoms with Crippen LogP contribution < -0.4 is 10.6 Å². The van der Waals surface area contributed by atoms with Gasteiger partial charge in [0.2, 0.25) is 5.91 Å². The third-order valence-corrected chi connectivity index (χ3v) is 4.56. The second-order valence-electron chi connectivity index (χ2n) is 7.61. The van der Waals surface area contributed by atoms with Gasteiger partial charge in [-0.25, -0.2) is 4.39 Å². The summed E-state index contributed by atoms with van der Waals surface area (Å²) in [7, 11) is 3.93. The minimum Gasteiger partial charge on any atom is -0.357 e. The molecule has 30 heavy (non-hydrogen) atoms. The lowest BCUT2D eigenvalue weighted by molar-refractivity contribution is -0.120. The highest BCUT2D eigenvalue weighted by Crippen LogP contribution is 2.18. The van der Waals surface area contributed by atoms with E-state index in [-0.39, 0.29) is 18.1 Å². The predicted molar refractivity (Wildman–Crippen MR) is 118 cm³/mol. The molecule has 0 bridgehead atoms. The van der Waals surface area contributed by atoms with E-state index in [1.807, 2.05) is 31.9 Å². The fourth-order valence-corrected chi connectivity index (χ4v) is 3.17. The molecule has 0 aliphatic heterocycles. The first-order chi connectivity index (χ1) is 14.3. The van der Waals surface area contributed by atoms with Gasteiger partial charge in [-0.15, -0.1) is 0 Å². The summed E-state index contributed by atoms with van der Waals surface area (Å²) in [5.41, 5.74) is 3.05. The quantitative estimate of drug-likeness (QED) is 0.374. The van der Waals surface area contributed by atoms with E-state index in [2.05, 4.69) is 39.5 Å². The van der Waals surface area contributed by atoms with E-state index in [9.17, 15) is 9.18 Å². The summed E-state index contributed by atoms with van der Waals surface area (Å²) in [6, 6.07) is 5.96. The standard InChI is InChI=1S/C22H33FN6O/c1-6-24-22(28(4)14-18-15-29(5)27-21(18)16(2)3)26-12-11-25-20(30)13-17-7-9-19(23)10-8-17/h7-10,15-16H,6,11-14H2,1-5H3,(H,24,26)(H,25,30). The molecule has 8 heteroatoms. The number of hydrogen-bond acceptors (Lipinski definition) is 3. The number of aliphatic imine (C=N–C) groups is 1. The normalized spacial score (nSPS) is 11.6. The number of halogens is 1. The number of carbonyl (C=O) groups excluding carboxylic acids is 1. The van der Waals surface area contributed by atoms with Crippen molar-refractivity contribution in [2.45, 2.75) is 39.7 Å². The van der Waals surface area contributed by atoms with Crippen LogP contribution in [-0.4, -0.2) is 53.2 Å². The van der Waals surface area contributed by atoms with Gasteiger partial charge in [0.15, 0.2) is 5.96 Å². The van der Waals surface area contributed by atoms with E-state index in [4.69, 9.17) is 0 Å². The van der Waals surface area contributed by atoms with Crippen LogP contribution in [0.4, 0.5) is 4.39 Å². The van der Waals surface area contributed by atoms with Crippen LogP contribution in [0.25, 0.3) is 0 Å². The van der Waals surface area contributed by atoms with Crippen molar-refractivity contribution in [2.75, 3.05) is 26.7 Å². The highest BCUT2D eigenvalue weighted by Gasteiger charge is 2.15. The first-order valence-corrected chi connectivity index (χ1v) is 10.3. The van der Waals surface area contributed by atoms with Crippen molar-refractivity contribution >= 4 is 11.9 Å². The number of hydrogen-bond donors (Lipinski definition) is 2. The zero-order valence-corrected chi connectivity index (χ0v) is 18.6. The predicted octanol–water partition coefficient (Wildman–Crippen LogP) is 2.44. The fraction of sp³-hybridized carbons (Fsp3) is 0.500. The molecule has 1 aromatic carbocycles. The third kappa shape index (κ3) is 7.17. The van der Waals surface area contributed by atoms with Crippen LogP contribution in [0.3, 0.4) is 0 Å². The first-order valence-electron chi connectivity index (χ1n) is 10.3. The minimum absolute atomic E-state index is 0.105. The van der Waals surface area contributed by atoms with Crippen molar-refractivity contribution in [3.8, 4) is 0 Å². The molecule has 1 amide bonds. The molecule has 164 valence electrons. The van der Waals surface area contributed by atoms with Gasteiger partial charge in [-0.1, -0.05) is 26.0 Å². The third-order valence-electron chi connectivity index (χ3n) is 4.56. The van der Waals surface area contributed by atoms with E-state index in [0.29, 0.717) is 25.6 Å². The topological polar surface area (TPSA) is 74.6 Å². The molecule has 1 heterocycles. The zero-order valence-electron chi connectivity index (χ0n) is 18.6. The highest BCUT2D eigenvalue weighted by atomic mass is 19.1. The fourth-order valence-electron chi connectivity index (χ4n) is 3.17. The van der Waals surface area contributed by atoms with Gasteiger partial charge >= 0.3 is 0 Å². The Morgan fingerprint density at radius 2 is 1.97 bits per heavy atom. The molecule has 0 saturated carbocycles. The van der Waals surface area contributed by atoms with Crippen LogP contribution in [0.1, 0.15) is 43.5 Å².